The number of esters is 1. The van der Waals surface area contributed by atoms with Crippen molar-refractivity contribution < 1.29 is 22.7 Å². The number of hydrogen-bond donors (Lipinski definition) is 1. The smallest absolute Gasteiger partial charge is 0.341 e. The molecule has 0 aliphatic rings. The Morgan fingerprint density at radius 1 is 1.00 bits per heavy atom. The lowest BCUT2D eigenvalue weighted by atomic mass is 10.1. The number of anilines is 1. The number of benzene rings is 2. The maximum atomic E-state index is 12.6. The zero-order chi connectivity index (χ0) is 19.3. The lowest BCUT2D eigenvalue weighted by Crippen LogP contribution is -2.31. The summed E-state index contributed by atoms with van der Waals surface area (Å²) in [5.41, 5.74) is 0.627. The van der Waals surface area contributed by atoms with Gasteiger partial charge in [-0.3, -0.25) is 9.52 Å². The van der Waals surface area contributed by atoms with Gasteiger partial charge in [-0.15, -0.1) is 0 Å². The number of carbonyl (C=O) groups is 2. The second-order valence-corrected chi connectivity index (χ2v) is 7.60. The number of hydrogen-bond acceptors (Lipinski definition) is 5. The van der Waals surface area contributed by atoms with E-state index in [1.807, 2.05) is 0 Å². The first-order chi connectivity index (χ1) is 12.2. The van der Waals surface area contributed by atoms with Crippen LogP contribution in [-0.2, 0) is 19.6 Å². The van der Waals surface area contributed by atoms with Crippen molar-refractivity contribution in [1.29, 1.82) is 0 Å². The molecule has 0 radical (unpaired) electrons. The van der Waals surface area contributed by atoms with Crippen molar-refractivity contribution >= 4 is 27.6 Å². The molecular formula is C18H20N2O5S. The Balaban J connectivity index is 2.35. The zero-order valence-electron chi connectivity index (χ0n) is 14.7. The third-order valence-corrected chi connectivity index (χ3v) is 4.03. The first-order valence-electron chi connectivity index (χ1n) is 7.73. The minimum atomic E-state index is -3.58. The van der Waals surface area contributed by atoms with E-state index in [9.17, 15) is 18.0 Å². The number of carbonyl (C=O) groups excluding carboxylic acids is 2. The molecule has 7 nitrogen and oxygen atoms in total. The van der Waals surface area contributed by atoms with Crippen molar-refractivity contribution in [3.05, 3.63) is 65.7 Å². The van der Waals surface area contributed by atoms with Crippen molar-refractivity contribution in [2.75, 3.05) is 25.1 Å². The van der Waals surface area contributed by atoms with Crippen LogP contribution in [0.25, 0.3) is 0 Å². The summed E-state index contributed by atoms with van der Waals surface area (Å²) < 4.78 is 30.7. The predicted molar refractivity (Wildman–Crippen MR) is 98.2 cm³/mol. The molecule has 8 heteroatoms. The van der Waals surface area contributed by atoms with Crippen LogP contribution in [0.1, 0.15) is 22.0 Å². The van der Waals surface area contributed by atoms with Gasteiger partial charge in [0.1, 0.15) is 0 Å². The monoisotopic (exact) mass is 376 g/mol. The largest absolute Gasteiger partial charge is 0.444 e. The normalized spacial score (nSPS) is 12.1. The maximum Gasteiger partial charge on any atom is 0.341 e. The molecule has 0 unspecified atom stereocenters. The van der Waals surface area contributed by atoms with Gasteiger partial charge in [0.05, 0.1) is 17.5 Å². The molecule has 0 aliphatic heterocycles. The third kappa shape index (κ3) is 5.06. The lowest BCUT2D eigenvalue weighted by Gasteiger charge is -2.21. The van der Waals surface area contributed by atoms with Crippen LogP contribution in [0.2, 0.25) is 0 Å². The van der Waals surface area contributed by atoms with E-state index in [1.54, 1.807) is 56.6 Å². The van der Waals surface area contributed by atoms with Gasteiger partial charge in [0.15, 0.2) is 0 Å². The SMILES string of the molecule is CN(C)C(=O)[C@H](OC(=O)c1ccccc1NS(C)(=O)=O)c1ccccc1. The van der Waals surface area contributed by atoms with Crippen LogP contribution in [-0.4, -0.2) is 45.5 Å². The molecule has 138 valence electrons. The second kappa shape index (κ2) is 8.01. The molecule has 2 aromatic rings. The molecular weight excluding hydrogens is 356 g/mol. The number of ether oxygens (including phenoxy) is 1. The molecule has 1 atom stereocenters. The molecule has 0 aromatic heterocycles. The minimum Gasteiger partial charge on any atom is -0.444 e. The highest BCUT2D eigenvalue weighted by atomic mass is 32.2. The maximum absolute atomic E-state index is 12.6. The van der Waals surface area contributed by atoms with Gasteiger partial charge in [0.25, 0.3) is 5.91 Å². The molecule has 0 spiro atoms. The van der Waals surface area contributed by atoms with Crippen LogP contribution in [0, 0.1) is 0 Å². The molecule has 0 saturated carbocycles. The van der Waals surface area contributed by atoms with Crippen LogP contribution < -0.4 is 4.72 Å². The molecule has 2 rings (SSSR count). The number of nitrogens with one attached hydrogen (secondary N) is 1. The standard InChI is InChI=1S/C18H20N2O5S/c1-20(2)17(21)16(13-9-5-4-6-10-13)25-18(22)14-11-7-8-12-15(14)19-26(3,23)24/h4-12,16,19H,1-3H3/t16-/m1/s1. The van der Waals surface area contributed by atoms with Gasteiger partial charge in [0, 0.05) is 19.7 Å². The predicted octanol–water partition coefficient (Wildman–Crippen LogP) is 2.04. The van der Waals surface area contributed by atoms with E-state index in [2.05, 4.69) is 4.72 Å². The van der Waals surface area contributed by atoms with Crippen molar-refractivity contribution in [3.63, 3.8) is 0 Å². The Morgan fingerprint density at radius 3 is 2.15 bits per heavy atom. The van der Waals surface area contributed by atoms with Gasteiger partial charge >= 0.3 is 5.97 Å². The Morgan fingerprint density at radius 2 is 1.58 bits per heavy atom. The van der Waals surface area contributed by atoms with Crippen LogP contribution in [0.3, 0.4) is 0 Å². The van der Waals surface area contributed by atoms with E-state index >= 15 is 0 Å². The Bertz CT molecular complexity index is 895. The van der Waals surface area contributed by atoms with Crippen LogP contribution in [0.5, 0.6) is 0 Å². The van der Waals surface area contributed by atoms with E-state index in [4.69, 9.17) is 4.74 Å². The molecule has 26 heavy (non-hydrogen) atoms. The summed E-state index contributed by atoms with van der Waals surface area (Å²) in [6.07, 6.45) is -0.151. The second-order valence-electron chi connectivity index (χ2n) is 5.85. The van der Waals surface area contributed by atoms with Crippen molar-refractivity contribution in [2.24, 2.45) is 0 Å². The Hall–Kier alpha value is -2.87. The fraction of sp³-hybridized carbons (Fsp3) is 0.222. The summed E-state index contributed by atoms with van der Waals surface area (Å²) in [5.74, 6) is -1.21. The summed E-state index contributed by atoms with van der Waals surface area (Å²) in [5, 5.41) is 0. The molecule has 0 saturated heterocycles. The Kier molecular flexibility index (Phi) is 5.99. The topological polar surface area (TPSA) is 92.8 Å². The van der Waals surface area contributed by atoms with E-state index in [1.165, 1.54) is 17.0 Å². The number of para-hydroxylation sites is 1. The van der Waals surface area contributed by atoms with E-state index in [0.29, 0.717) is 5.56 Å². The summed E-state index contributed by atoms with van der Waals surface area (Å²) in [6, 6.07) is 14.7. The first-order valence-corrected chi connectivity index (χ1v) is 9.62. The van der Waals surface area contributed by atoms with Crippen LogP contribution in [0.15, 0.2) is 54.6 Å². The van der Waals surface area contributed by atoms with Gasteiger partial charge in [-0.25, -0.2) is 13.2 Å². The third-order valence-electron chi connectivity index (χ3n) is 3.43. The van der Waals surface area contributed by atoms with Crippen molar-refractivity contribution in [1.82, 2.24) is 4.90 Å². The van der Waals surface area contributed by atoms with E-state index < -0.39 is 28.0 Å². The zero-order valence-corrected chi connectivity index (χ0v) is 15.5. The van der Waals surface area contributed by atoms with Crippen molar-refractivity contribution in [3.8, 4) is 0 Å². The lowest BCUT2D eigenvalue weighted by molar-refractivity contribution is -0.138. The molecule has 0 aliphatic carbocycles. The summed E-state index contributed by atoms with van der Waals surface area (Å²) in [4.78, 5) is 26.4. The Labute approximate surface area is 152 Å². The van der Waals surface area contributed by atoms with Crippen LogP contribution >= 0.6 is 0 Å². The average molecular weight is 376 g/mol. The highest BCUT2D eigenvalue weighted by Crippen LogP contribution is 2.24. The molecule has 0 heterocycles. The fourth-order valence-corrected chi connectivity index (χ4v) is 2.82. The van der Waals surface area contributed by atoms with Crippen LogP contribution in [0.4, 0.5) is 5.69 Å². The highest BCUT2D eigenvalue weighted by Gasteiger charge is 2.28. The van der Waals surface area contributed by atoms with Gasteiger partial charge in [-0.05, 0) is 12.1 Å². The quantitative estimate of drug-likeness (QED) is 0.779. The molecule has 2 aromatic carbocycles. The number of nitrogens with zero attached hydrogens (tertiary/aromatic N) is 1. The van der Waals surface area contributed by atoms with Gasteiger partial charge in [-0.1, -0.05) is 42.5 Å². The highest BCUT2D eigenvalue weighted by molar-refractivity contribution is 7.92. The average Bonchev–Trinajstić information content (AvgIpc) is 2.58. The summed E-state index contributed by atoms with van der Waals surface area (Å²) in [6.45, 7) is 0. The van der Waals surface area contributed by atoms with Gasteiger partial charge in [-0.2, -0.15) is 0 Å². The molecule has 1 N–H and O–H groups in total. The molecule has 0 fully saturated rings. The summed E-state index contributed by atoms with van der Waals surface area (Å²) in [7, 11) is -0.455. The van der Waals surface area contributed by atoms with E-state index in [-0.39, 0.29) is 11.3 Å². The van der Waals surface area contributed by atoms with Crippen molar-refractivity contribution in [2.45, 2.75) is 6.10 Å². The number of likely N-dealkylation sites (N-methyl/N-ethyl adjacent to an activating group) is 1. The van der Waals surface area contributed by atoms with Gasteiger partial charge < -0.3 is 9.64 Å². The first kappa shape index (κ1) is 19.5. The number of rotatable bonds is 6. The number of sulfonamides is 1. The summed E-state index contributed by atoms with van der Waals surface area (Å²) >= 11 is 0. The minimum absolute atomic E-state index is 0.0189. The van der Waals surface area contributed by atoms with E-state index in [0.717, 1.165) is 6.26 Å². The van der Waals surface area contributed by atoms with Gasteiger partial charge in [0.2, 0.25) is 16.1 Å². The molecule has 1 amide bonds. The number of amides is 1. The fourth-order valence-electron chi connectivity index (χ4n) is 2.24. The molecule has 0 bridgehead atoms.